The summed E-state index contributed by atoms with van der Waals surface area (Å²) in [6, 6.07) is 0.840. The molecule has 68 valence electrons. The molecule has 0 heterocycles. The van der Waals surface area contributed by atoms with Gasteiger partial charge in [-0.2, -0.15) is 0 Å². The maximum atomic E-state index is 6.00. The van der Waals surface area contributed by atoms with Crippen molar-refractivity contribution in [3.63, 3.8) is 0 Å². The third-order valence-corrected chi connectivity index (χ3v) is 2.69. The number of likely N-dealkylation sites (N-methyl/N-ethyl adjacent to an activating group) is 1. The lowest BCUT2D eigenvalue weighted by Crippen LogP contribution is -2.47. The van der Waals surface area contributed by atoms with E-state index in [1.165, 1.54) is 19.3 Å². The van der Waals surface area contributed by atoms with Gasteiger partial charge in [0.2, 0.25) is 0 Å². The van der Waals surface area contributed by atoms with Crippen molar-refractivity contribution in [2.24, 2.45) is 5.73 Å². The molecule has 2 heteroatoms. The fraction of sp³-hybridized carbons (Fsp3) is 0.800. The predicted octanol–water partition coefficient (Wildman–Crippen LogP) is 0.821. The van der Waals surface area contributed by atoms with E-state index in [9.17, 15) is 0 Å². The Bertz CT molecular complexity index is 171. The summed E-state index contributed by atoms with van der Waals surface area (Å²) in [7, 11) is 2.07. The molecule has 0 aromatic heterocycles. The SMILES string of the molecule is C#CCN(C)C1CCCCC1N. The van der Waals surface area contributed by atoms with Crippen molar-refractivity contribution in [2.75, 3.05) is 13.6 Å². The number of terminal acetylenes is 1. The molecule has 0 amide bonds. The average Bonchev–Trinajstić information content (AvgIpc) is 2.05. The van der Waals surface area contributed by atoms with Crippen LogP contribution in [-0.2, 0) is 0 Å². The van der Waals surface area contributed by atoms with Gasteiger partial charge in [-0.1, -0.05) is 18.8 Å². The fourth-order valence-corrected chi connectivity index (χ4v) is 1.95. The summed E-state index contributed by atoms with van der Waals surface area (Å²) < 4.78 is 0. The summed E-state index contributed by atoms with van der Waals surface area (Å²) >= 11 is 0. The summed E-state index contributed by atoms with van der Waals surface area (Å²) in [5, 5.41) is 0. The topological polar surface area (TPSA) is 29.3 Å². The molecule has 0 aromatic carbocycles. The van der Waals surface area contributed by atoms with Crippen molar-refractivity contribution in [2.45, 2.75) is 37.8 Å². The number of nitrogens with two attached hydrogens (primary N) is 1. The zero-order valence-corrected chi connectivity index (χ0v) is 7.79. The van der Waals surface area contributed by atoms with Crippen molar-refractivity contribution < 1.29 is 0 Å². The first-order valence-corrected chi connectivity index (χ1v) is 4.65. The summed E-state index contributed by atoms with van der Waals surface area (Å²) in [6.07, 6.45) is 10.2. The predicted molar refractivity (Wildman–Crippen MR) is 51.7 cm³/mol. The second kappa shape index (κ2) is 4.49. The van der Waals surface area contributed by atoms with E-state index in [0.717, 1.165) is 13.0 Å². The Morgan fingerprint density at radius 2 is 2.17 bits per heavy atom. The van der Waals surface area contributed by atoms with Gasteiger partial charge in [-0.05, 0) is 19.9 Å². The number of hydrogen-bond acceptors (Lipinski definition) is 2. The van der Waals surface area contributed by atoms with Crippen LogP contribution in [0.5, 0.6) is 0 Å². The molecule has 0 spiro atoms. The quantitative estimate of drug-likeness (QED) is 0.615. The van der Waals surface area contributed by atoms with Gasteiger partial charge in [0.25, 0.3) is 0 Å². The number of rotatable bonds is 2. The Hall–Kier alpha value is -0.520. The molecule has 1 rings (SSSR count). The minimum atomic E-state index is 0.331. The van der Waals surface area contributed by atoms with E-state index in [-0.39, 0.29) is 0 Å². The molecular formula is C10H18N2. The Balaban J connectivity index is 2.43. The molecule has 2 nitrogen and oxygen atoms in total. The lowest BCUT2D eigenvalue weighted by atomic mass is 9.90. The lowest BCUT2D eigenvalue weighted by Gasteiger charge is -2.34. The van der Waals surface area contributed by atoms with Gasteiger partial charge in [-0.15, -0.1) is 6.42 Å². The summed E-state index contributed by atoms with van der Waals surface area (Å²) in [4.78, 5) is 2.20. The molecular weight excluding hydrogens is 148 g/mol. The van der Waals surface area contributed by atoms with E-state index in [4.69, 9.17) is 12.2 Å². The molecule has 2 atom stereocenters. The van der Waals surface area contributed by atoms with Gasteiger partial charge in [0.1, 0.15) is 0 Å². The maximum absolute atomic E-state index is 6.00. The van der Waals surface area contributed by atoms with E-state index in [2.05, 4.69) is 17.9 Å². The molecule has 12 heavy (non-hydrogen) atoms. The van der Waals surface area contributed by atoms with Crippen LogP contribution in [0.1, 0.15) is 25.7 Å². The molecule has 2 unspecified atom stereocenters. The lowest BCUT2D eigenvalue weighted by molar-refractivity contribution is 0.186. The molecule has 1 fully saturated rings. The summed E-state index contributed by atoms with van der Waals surface area (Å²) in [5.74, 6) is 2.66. The Morgan fingerprint density at radius 1 is 1.50 bits per heavy atom. The van der Waals surface area contributed by atoms with Crippen LogP contribution in [0.15, 0.2) is 0 Å². The van der Waals surface area contributed by atoms with Crippen LogP contribution in [0.25, 0.3) is 0 Å². The molecule has 2 N–H and O–H groups in total. The molecule has 0 aromatic rings. The highest BCUT2D eigenvalue weighted by Gasteiger charge is 2.24. The van der Waals surface area contributed by atoms with Crippen LogP contribution < -0.4 is 5.73 Å². The van der Waals surface area contributed by atoms with Crippen LogP contribution in [0.2, 0.25) is 0 Å². The average molecular weight is 166 g/mol. The zero-order chi connectivity index (χ0) is 8.97. The van der Waals surface area contributed by atoms with Crippen LogP contribution >= 0.6 is 0 Å². The minimum absolute atomic E-state index is 0.331. The van der Waals surface area contributed by atoms with Gasteiger partial charge in [0.05, 0.1) is 6.54 Å². The highest BCUT2D eigenvalue weighted by Crippen LogP contribution is 2.20. The van der Waals surface area contributed by atoms with E-state index in [1.807, 2.05) is 0 Å². The number of hydrogen-bond donors (Lipinski definition) is 1. The van der Waals surface area contributed by atoms with Crippen LogP contribution in [-0.4, -0.2) is 30.6 Å². The maximum Gasteiger partial charge on any atom is 0.0599 e. The molecule has 1 saturated carbocycles. The van der Waals surface area contributed by atoms with E-state index in [1.54, 1.807) is 0 Å². The molecule has 0 saturated heterocycles. The van der Waals surface area contributed by atoms with Crippen LogP contribution in [0.4, 0.5) is 0 Å². The second-order valence-electron chi connectivity index (χ2n) is 3.63. The molecule has 0 bridgehead atoms. The van der Waals surface area contributed by atoms with Gasteiger partial charge in [0, 0.05) is 12.1 Å². The van der Waals surface area contributed by atoms with Crippen molar-refractivity contribution in [3.05, 3.63) is 0 Å². The van der Waals surface area contributed by atoms with Gasteiger partial charge in [-0.25, -0.2) is 0 Å². The minimum Gasteiger partial charge on any atom is -0.326 e. The molecule has 1 aliphatic rings. The van der Waals surface area contributed by atoms with Crippen molar-refractivity contribution in [3.8, 4) is 12.3 Å². The fourth-order valence-electron chi connectivity index (χ4n) is 1.95. The Morgan fingerprint density at radius 3 is 2.75 bits per heavy atom. The largest absolute Gasteiger partial charge is 0.326 e. The zero-order valence-electron chi connectivity index (χ0n) is 7.79. The standard InChI is InChI=1S/C10H18N2/c1-3-8-12(2)10-7-5-4-6-9(10)11/h1,9-10H,4-8,11H2,2H3. The first kappa shape index (κ1) is 9.57. The third kappa shape index (κ3) is 2.23. The second-order valence-corrected chi connectivity index (χ2v) is 3.63. The summed E-state index contributed by atoms with van der Waals surface area (Å²) in [6.45, 7) is 0.721. The van der Waals surface area contributed by atoms with Crippen molar-refractivity contribution in [1.29, 1.82) is 0 Å². The van der Waals surface area contributed by atoms with Gasteiger partial charge in [-0.3, -0.25) is 4.90 Å². The third-order valence-electron chi connectivity index (χ3n) is 2.69. The molecule has 1 aliphatic carbocycles. The first-order valence-electron chi connectivity index (χ1n) is 4.65. The van der Waals surface area contributed by atoms with E-state index in [0.29, 0.717) is 12.1 Å². The Labute approximate surface area is 75.1 Å². The van der Waals surface area contributed by atoms with Crippen LogP contribution in [0, 0.1) is 12.3 Å². The number of nitrogens with zero attached hydrogens (tertiary/aromatic N) is 1. The van der Waals surface area contributed by atoms with E-state index >= 15 is 0 Å². The smallest absolute Gasteiger partial charge is 0.0599 e. The molecule has 0 aliphatic heterocycles. The first-order chi connectivity index (χ1) is 5.75. The van der Waals surface area contributed by atoms with Gasteiger partial charge in [0.15, 0.2) is 0 Å². The highest BCUT2D eigenvalue weighted by atomic mass is 15.1. The van der Waals surface area contributed by atoms with Crippen molar-refractivity contribution >= 4 is 0 Å². The normalized spacial score (nSPS) is 30.2. The van der Waals surface area contributed by atoms with Crippen LogP contribution in [0.3, 0.4) is 0 Å². The Kier molecular flexibility index (Phi) is 3.58. The van der Waals surface area contributed by atoms with Gasteiger partial charge < -0.3 is 5.73 Å². The van der Waals surface area contributed by atoms with Crippen molar-refractivity contribution in [1.82, 2.24) is 4.90 Å². The highest BCUT2D eigenvalue weighted by molar-refractivity contribution is 4.92. The molecule has 0 radical (unpaired) electrons. The summed E-state index contributed by atoms with van der Waals surface area (Å²) in [5.41, 5.74) is 6.00. The monoisotopic (exact) mass is 166 g/mol. The van der Waals surface area contributed by atoms with E-state index < -0.39 is 0 Å². The van der Waals surface area contributed by atoms with Gasteiger partial charge >= 0.3 is 0 Å².